The Morgan fingerprint density at radius 3 is 2.62 bits per heavy atom. The molecular formula is C10H18N2O. The van der Waals surface area contributed by atoms with Crippen LogP contribution >= 0.6 is 0 Å². The Bertz CT molecular complexity index is 211. The molecule has 0 saturated heterocycles. The van der Waals surface area contributed by atoms with Crippen molar-refractivity contribution in [1.29, 1.82) is 0 Å². The van der Waals surface area contributed by atoms with E-state index in [2.05, 4.69) is 6.08 Å². The van der Waals surface area contributed by atoms with Crippen LogP contribution in [0.15, 0.2) is 12.2 Å². The monoisotopic (exact) mass is 182 g/mol. The van der Waals surface area contributed by atoms with Crippen molar-refractivity contribution in [2.24, 2.45) is 11.7 Å². The molecule has 0 saturated carbocycles. The van der Waals surface area contributed by atoms with Crippen molar-refractivity contribution in [3.63, 3.8) is 0 Å². The van der Waals surface area contributed by atoms with E-state index in [0.717, 1.165) is 19.5 Å². The highest BCUT2D eigenvalue weighted by atomic mass is 16.2. The van der Waals surface area contributed by atoms with E-state index in [1.807, 2.05) is 24.8 Å². The van der Waals surface area contributed by atoms with E-state index in [-0.39, 0.29) is 17.9 Å². The maximum atomic E-state index is 11.7. The van der Waals surface area contributed by atoms with E-state index in [9.17, 15) is 4.79 Å². The number of hydrogen-bond donors (Lipinski definition) is 1. The highest BCUT2D eigenvalue weighted by Crippen LogP contribution is 2.07. The summed E-state index contributed by atoms with van der Waals surface area (Å²) < 4.78 is 0. The van der Waals surface area contributed by atoms with Crippen molar-refractivity contribution < 1.29 is 4.79 Å². The Hall–Kier alpha value is -0.830. The maximum absolute atomic E-state index is 11.7. The van der Waals surface area contributed by atoms with Gasteiger partial charge in [0.25, 0.3) is 0 Å². The van der Waals surface area contributed by atoms with Gasteiger partial charge in [0.1, 0.15) is 0 Å². The second kappa shape index (κ2) is 4.42. The lowest BCUT2D eigenvalue weighted by atomic mass is 10.0. The number of nitrogens with two attached hydrogens (primary N) is 1. The molecule has 0 unspecified atom stereocenters. The minimum absolute atomic E-state index is 0.0827. The lowest BCUT2D eigenvalue weighted by Crippen LogP contribution is -2.47. The molecule has 0 radical (unpaired) electrons. The molecule has 1 heterocycles. The van der Waals surface area contributed by atoms with Gasteiger partial charge in [0.15, 0.2) is 0 Å². The Kier molecular flexibility index (Phi) is 3.48. The minimum atomic E-state index is -0.341. The molecule has 1 aliphatic rings. The van der Waals surface area contributed by atoms with Gasteiger partial charge in [-0.1, -0.05) is 26.0 Å². The summed E-state index contributed by atoms with van der Waals surface area (Å²) >= 11 is 0. The average Bonchev–Trinajstić information content (AvgIpc) is 2.17. The lowest BCUT2D eigenvalue weighted by Gasteiger charge is -2.27. The van der Waals surface area contributed by atoms with Crippen LogP contribution in [0.1, 0.15) is 20.3 Å². The lowest BCUT2D eigenvalue weighted by molar-refractivity contribution is -0.133. The summed E-state index contributed by atoms with van der Waals surface area (Å²) in [4.78, 5) is 13.5. The molecule has 0 fully saturated rings. The molecule has 0 aromatic heterocycles. The van der Waals surface area contributed by atoms with Gasteiger partial charge in [-0.3, -0.25) is 4.79 Å². The summed E-state index contributed by atoms with van der Waals surface area (Å²) in [5.74, 6) is 0.303. The predicted octanol–water partition coefficient (Wildman–Crippen LogP) is 0.758. The zero-order valence-corrected chi connectivity index (χ0v) is 8.36. The molecule has 2 N–H and O–H groups in total. The van der Waals surface area contributed by atoms with Crippen LogP contribution in [0.5, 0.6) is 0 Å². The molecule has 1 rings (SSSR count). The van der Waals surface area contributed by atoms with E-state index >= 15 is 0 Å². The highest BCUT2D eigenvalue weighted by Gasteiger charge is 2.22. The van der Waals surface area contributed by atoms with Gasteiger partial charge in [0, 0.05) is 13.1 Å². The van der Waals surface area contributed by atoms with Crippen LogP contribution in [-0.2, 0) is 4.79 Å². The Morgan fingerprint density at radius 1 is 1.46 bits per heavy atom. The molecule has 3 heteroatoms. The molecule has 0 aromatic rings. The molecule has 0 spiro atoms. The summed E-state index contributed by atoms with van der Waals surface area (Å²) in [6, 6.07) is -0.341. The van der Waals surface area contributed by atoms with E-state index in [1.165, 1.54) is 0 Å². The van der Waals surface area contributed by atoms with Crippen LogP contribution < -0.4 is 5.73 Å². The van der Waals surface area contributed by atoms with E-state index in [0.29, 0.717) is 0 Å². The Morgan fingerprint density at radius 2 is 2.15 bits per heavy atom. The van der Waals surface area contributed by atoms with Crippen LogP contribution in [0.3, 0.4) is 0 Å². The molecule has 13 heavy (non-hydrogen) atoms. The number of carbonyl (C=O) groups excluding carboxylic acids is 1. The van der Waals surface area contributed by atoms with E-state index in [1.54, 1.807) is 0 Å². The van der Waals surface area contributed by atoms with E-state index in [4.69, 9.17) is 5.73 Å². The van der Waals surface area contributed by atoms with Crippen molar-refractivity contribution in [3.05, 3.63) is 12.2 Å². The Labute approximate surface area is 79.6 Å². The largest absolute Gasteiger partial charge is 0.337 e. The number of rotatable bonds is 2. The molecule has 1 aliphatic heterocycles. The number of amides is 1. The fraction of sp³-hybridized carbons (Fsp3) is 0.700. The van der Waals surface area contributed by atoms with Gasteiger partial charge >= 0.3 is 0 Å². The van der Waals surface area contributed by atoms with Crippen molar-refractivity contribution in [3.8, 4) is 0 Å². The first-order chi connectivity index (χ1) is 6.13. The maximum Gasteiger partial charge on any atom is 0.240 e. The fourth-order valence-electron chi connectivity index (χ4n) is 1.34. The van der Waals surface area contributed by atoms with Crippen LogP contribution in [-0.4, -0.2) is 29.9 Å². The molecule has 1 atom stereocenters. The van der Waals surface area contributed by atoms with E-state index < -0.39 is 0 Å². The summed E-state index contributed by atoms with van der Waals surface area (Å²) in [5.41, 5.74) is 5.78. The standard InChI is InChI=1S/C10H18N2O/c1-8(2)9(11)10(13)12-6-4-3-5-7-12/h3-4,8-9H,5-7,11H2,1-2H3/t9-/m1/s1. The minimum Gasteiger partial charge on any atom is -0.337 e. The second-order valence-electron chi connectivity index (χ2n) is 3.81. The van der Waals surface area contributed by atoms with Crippen molar-refractivity contribution >= 4 is 5.91 Å². The van der Waals surface area contributed by atoms with Gasteiger partial charge in [-0.15, -0.1) is 0 Å². The van der Waals surface area contributed by atoms with Gasteiger partial charge in [-0.2, -0.15) is 0 Å². The Balaban J connectivity index is 2.51. The molecule has 0 aromatic carbocycles. The number of nitrogens with zero attached hydrogens (tertiary/aromatic N) is 1. The summed E-state index contributed by atoms with van der Waals surface area (Å²) in [6.07, 6.45) is 5.08. The zero-order chi connectivity index (χ0) is 9.84. The molecular weight excluding hydrogens is 164 g/mol. The summed E-state index contributed by atoms with van der Waals surface area (Å²) in [5, 5.41) is 0. The third-order valence-corrected chi connectivity index (χ3v) is 2.37. The van der Waals surface area contributed by atoms with Crippen molar-refractivity contribution in [2.75, 3.05) is 13.1 Å². The molecule has 74 valence electrons. The van der Waals surface area contributed by atoms with Crippen LogP contribution in [0.25, 0.3) is 0 Å². The van der Waals surface area contributed by atoms with Crippen LogP contribution in [0, 0.1) is 5.92 Å². The first-order valence-corrected chi connectivity index (χ1v) is 4.82. The van der Waals surface area contributed by atoms with Crippen LogP contribution in [0.4, 0.5) is 0 Å². The molecule has 3 nitrogen and oxygen atoms in total. The van der Waals surface area contributed by atoms with Gasteiger partial charge in [-0.25, -0.2) is 0 Å². The van der Waals surface area contributed by atoms with Crippen molar-refractivity contribution in [2.45, 2.75) is 26.3 Å². The van der Waals surface area contributed by atoms with Crippen molar-refractivity contribution in [1.82, 2.24) is 4.90 Å². The quantitative estimate of drug-likeness (QED) is 0.641. The molecule has 0 aliphatic carbocycles. The molecule has 0 bridgehead atoms. The summed E-state index contributed by atoms with van der Waals surface area (Å²) in [6.45, 7) is 5.49. The SMILES string of the molecule is CC(C)[C@@H](N)C(=O)N1CC=CCC1. The van der Waals surface area contributed by atoms with Gasteiger partial charge in [0.05, 0.1) is 6.04 Å². The van der Waals surface area contributed by atoms with Crippen LogP contribution in [0.2, 0.25) is 0 Å². The first kappa shape index (κ1) is 10.3. The topological polar surface area (TPSA) is 46.3 Å². The smallest absolute Gasteiger partial charge is 0.240 e. The predicted molar refractivity (Wildman–Crippen MR) is 53.2 cm³/mol. The van der Waals surface area contributed by atoms with Gasteiger partial charge < -0.3 is 10.6 Å². The highest BCUT2D eigenvalue weighted by molar-refractivity contribution is 5.82. The second-order valence-corrected chi connectivity index (χ2v) is 3.81. The number of hydrogen-bond acceptors (Lipinski definition) is 2. The fourth-order valence-corrected chi connectivity index (χ4v) is 1.34. The third kappa shape index (κ3) is 2.56. The van der Waals surface area contributed by atoms with Gasteiger partial charge in [-0.05, 0) is 12.3 Å². The summed E-state index contributed by atoms with van der Waals surface area (Å²) in [7, 11) is 0. The molecule has 1 amide bonds. The number of carbonyl (C=O) groups is 1. The third-order valence-electron chi connectivity index (χ3n) is 2.37. The van der Waals surface area contributed by atoms with Gasteiger partial charge in [0.2, 0.25) is 5.91 Å². The average molecular weight is 182 g/mol. The first-order valence-electron chi connectivity index (χ1n) is 4.82. The normalized spacial score (nSPS) is 19.2. The zero-order valence-electron chi connectivity index (χ0n) is 8.36.